The van der Waals surface area contributed by atoms with Gasteiger partial charge in [-0.2, -0.15) is 0 Å². The van der Waals surface area contributed by atoms with Crippen LogP contribution >= 0.6 is 11.3 Å². The van der Waals surface area contributed by atoms with Crippen molar-refractivity contribution in [3.63, 3.8) is 0 Å². The number of carbonyl (C=O) groups is 1. The standard InChI is InChI=1S/C23H16N4O2S/c1-13-26-20-9-16(6-7-21(20)30-13)27-23(29)18-8-15(11-25-22(18)28)19-12-24-10-14-4-2-3-5-17(14)19/h2-12H,1H3,(H,25,28)(H,27,29). The van der Waals surface area contributed by atoms with Crippen LogP contribution in [0.1, 0.15) is 15.4 Å². The number of nitrogens with zero attached hydrogens (tertiary/aromatic N) is 2. The summed E-state index contributed by atoms with van der Waals surface area (Å²) in [4.78, 5) is 36.6. The highest BCUT2D eigenvalue weighted by Crippen LogP contribution is 2.28. The summed E-state index contributed by atoms with van der Waals surface area (Å²) in [6, 6.07) is 15.0. The second kappa shape index (κ2) is 7.20. The van der Waals surface area contributed by atoms with E-state index in [1.807, 2.05) is 49.4 Å². The monoisotopic (exact) mass is 412 g/mol. The van der Waals surface area contributed by atoms with Gasteiger partial charge in [0, 0.05) is 40.8 Å². The van der Waals surface area contributed by atoms with Crippen molar-refractivity contribution in [2.75, 3.05) is 5.32 Å². The summed E-state index contributed by atoms with van der Waals surface area (Å²) in [6.45, 7) is 1.94. The van der Waals surface area contributed by atoms with Crippen LogP contribution in [0.2, 0.25) is 0 Å². The minimum absolute atomic E-state index is 0.0370. The highest BCUT2D eigenvalue weighted by Gasteiger charge is 2.14. The molecule has 0 saturated heterocycles. The Labute approximate surface area is 175 Å². The summed E-state index contributed by atoms with van der Waals surface area (Å²) in [5.74, 6) is -0.474. The number of carbonyl (C=O) groups excluding carboxylic acids is 1. The Morgan fingerprint density at radius 2 is 1.97 bits per heavy atom. The van der Waals surface area contributed by atoms with Gasteiger partial charge in [-0.1, -0.05) is 24.3 Å². The number of amides is 1. The van der Waals surface area contributed by atoms with Gasteiger partial charge in [0.1, 0.15) is 5.56 Å². The van der Waals surface area contributed by atoms with E-state index in [0.717, 1.165) is 37.1 Å². The lowest BCUT2D eigenvalue weighted by Crippen LogP contribution is -2.23. The number of anilines is 1. The zero-order valence-corrected chi connectivity index (χ0v) is 16.8. The molecule has 0 radical (unpaired) electrons. The molecule has 3 aromatic heterocycles. The van der Waals surface area contributed by atoms with Gasteiger partial charge in [0.15, 0.2) is 0 Å². The Morgan fingerprint density at radius 3 is 2.87 bits per heavy atom. The average Bonchev–Trinajstić information content (AvgIpc) is 3.13. The Hall–Kier alpha value is -3.84. The molecule has 0 saturated carbocycles. The first-order valence-electron chi connectivity index (χ1n) is 9.33. The molecule has 146 valence electrons. The van der Waals surface area contributed by atoms with E-state index < -0.39 is 11.5 Å². The van der Waals surface area contributed by atoms with Gasteiger partial charge in [-0.25, -0.2) is 4.98 Å². The van der Waals surface area contributed by atoms with Gasteiger partial charge < -0.3 is 10.3 Å². The summed E-state index contributed by atoms with van der Waals surface area (Å²) in [5, 5.41) is 5.75. The minimum Gasteiger partial charge on any atom is -0.328 e. The molecule has 0 fully saturated rings. The fourth-order valence-electron chi connectivity index (χ4n) is 3.47. The predicted octanol–water partition coefficient (Wildman–Crippen LogP) is 4.76. The molecule has 6 nitrogen and oxygen atoms in total. The highest BCUT2D eigenvalue weighted by molar-refractivity contribution is 7.18. The molecule has 0 unspecified atom stereocenters. The second-order valence-corrected chi connectivity index (χ2v) is 8.14. The lowest BCUT2D eigenvalue weighted by molar-refractivity contribution is 0.102. The normalized spacial score (nSPS) is 11.1. The first-order valence-corrected chi connectivity index (χ1v) is 10.1. The van der Waals surface area contributed by atoms with E-state index in [-0.39, 0.29) is 5.56 Å². The van der Waals surface area contributed by atoms with Gasteiger partial charge in [-0.05, 0) is 36.6 Å². The number of rotatable bonds is 3. The highest BCUT2D eigenvalue weighted by atomic mass is 32.1. The summed E-state index contributed by atoms with van der Waals surface area (Å²) in [5.41, 5.74) is 2.56. The van der Waals surface area contributed by atoms with Crippen molar-refractivity contribution in [2.24, 2.45) is 0 Å². The van der Waals surface area contributed by atoms with Gasteiger partial charge in [0.25, 0.3) is 11.5 Å². The molecule has 5 aromatic rings. The molecule has 2 aromatic carbocycles. The molecule has 0 spiro atoms. The molecule has 30 heavy (non-hydrogen) atoms. The molecule has 0 aliphatic carbocycles. The largest absolute Gasteiger partial charge is 0.328 e. The Morgan fingerprint density at radius 1 is 1.10 bits per heavy atom. The number of H-pyrrole nitrogens is 1. The molecule has 5 rings (SSSR count). The number of aromatic nitrogens is 3. The third-order valence-corrected chi connectivity index (χ3v) is 5.83. The number of aryl methyl sites for hydroxylation is 1. The quantitative estimate of drug-likeness (QED) is 0.447. The van der Waals surface area contributed by atoms with Crippen molar-refractivity contribution in [3.8, 4) is 11.1 Å². The summed E-state index contributed by atoms with van der Waals surface area (Å²) >= 11 is 1.59. The van der Waals surface area contributed by atoms with Crippen molar-refractivity contribution in [3.05, 3.63) is 88.0 Å². The van der Waals surface area contributed by atoms with Gasteiger partial charge in [0.2, 0.25) is 0 Å². The summed E-state index contributed by atoms with van der Waals surface area (Å²) in [6.07, 6.45) is 5.12. The third kappa shape index (κ3) is 3.25. The molecule has 3 heterocycles. The van der Waals surface area contributed by atoms with Gasteiger partial charge in [-0.3, -0.25) is 14.6 Å². The van der Waals surface area contributed by atoms with E-state index in [1.165, 1.54) is 0 Å². The van der Waals surface area contributed by atoms with Crippen molar-refractivity contribution in [2.45, 2.75) is 6.92 Å². The molecular formula is C23H16N4O2S. The van der Waals surface area contributed by atoms with E-state index in [1.54, 1.807) is 36.0 Å². The Bertz CT molecular complexity index is 1480. The molecule has 2 N–H and O–H groups in total. The summed E-state index contributed by atoms with van der Waals surface area (Å²) in [7, 11) is 0. The molecule has 0 aliphatic heterocycles. The van der Waals surface area contributed by atoms with Crippen LogP contribution in [0.5, 0.6) is 0 Å². The zero-order chi connectivity index (χ0) is 20.7. The average molecular weight is 412 g/mol. The maximum Gasteiger partial charge on any atom is 0.261 e. The number of pyridine rings is 2. The van der Waals surface area contributed by atoms with E-state index in [2.05, 4.69) is 20.3 Å². The van der Waals surface area contributed by atoms with Crippen LogP contribution < -0.4 is 10.9 Å². The Kier molecular flexibility index (Phi) is 4.37. The predicted molar refractivity (Wildman–Crippen MR) is 120 cm³/mol. The number of fused-ring (bicyclic) bond motifs is 2. The zero-order valence-electron chi connectivity index (χ0n) is 16.0. The van der Waals surface area contributed by atoms with Crippen molar-refractivity contribution in [1.29, 1.82) is 0 Å². The van der Waals surface area contributed by atoms with E-state index in [9.17, 15) is 9.59 Å². The van der Waals surface area contributed by atoms with Crippen LogP contribution in [0.15, 0.2) is 71.9 Å². The second-order valence-electron chi connectivity index (χ2n) is 6.91. The number of hydrogen-bond donors (Lipinski definition) is 2. The molecule has 7 heteroatoms. The molecule has 0 bridgehead atoms. The topological polar surface area (TPSA) is 87.7 Å². The summed E-state index contributed by atoms with van der Waals surface area (Å²) < 4.78 is 1.05. The van der Waals surface area contributed by atoms with E-state index >= 15 is 0 Å². The van der Waals surface area contributed by atoms with Gasteiger partial charge in [-0.15, -0.1) is 11.3 Å². The maximum absolute atomic E-state index is 12.9. The van der Waals surface area contributed by atoms with Crippen LogP contribution in [0.25, 0.3) is 32.1 Å². The first kappa shape index (κ1) is 18.2. The number of hydrogen-bond acceptors (Lipinski definition) is 5. The number of benzene rings is 2. The van der Waals surface area contributed by atoms with Crippen LogP contribution in [-0.4, -0.2) is 20.9 Å². The van der Waals surface area contributed by atoms with Gasteiger partial charge >= 0.3 is 0 Å². The minimum atomic E-state index is -0.474. The number of nitrogens with one attached hydrogen (secondary N) is 2. The molecular weight excluding hydrogens is 396 g/mol. The first-order chi connectivity index (χ1) is 14.6. The van der Waals surface area contributed by atoms with Crippen molar-refractivity contribution >= 4 is 43.9 Å². The fourth-order valence-corrected chi connectivity index (χ4v) is 4.28. The fraction of sp³-hybridized carbons (Fsp3) is 0.0435. The van der Waals surface area contributed by atoms with E-state index in [4.69, 9.17) is 0 Å². The van der Waals surface area contributed by atoms with Crippen LogP contribution in [0.4, 0.5) is 5.69 Å². The van der Waals surface area contributed by atoms with Crippen molar-refractivity contribution < 1.29 is 4.79 Å². The number of aromatic amines is 1. The van der Waals surface area contributed by atoms with E-state index in [0.29, 0.717) is 5.69 Å². The smallest absolute Gasteiger partial charge is 0.261 e. The van der Waals surface area contributed by atoms with Crippen LogP contribution in [-0.2, 0) is 0 Å². The molecule has 1 amide bonds. The lowest BCUT2D eigenvalue weighted by atomic mass is 10.0. The lowest BCUT2D eigenvalue weighted by Gasteiger charge is -2.09. The third-order valence-electron chi connectivity index (χ3n) is 4.88. The molecule has 0 aliphatic rings. The number of thiazole rings is 1. The van der Waals surface area contributed by atoms with Gasteiger partial charge in [0.05, 0.1) is 15.2 Å². The van der Waals surface area contributed by atoms with Crippen LogP contribution in [0, 0.1) is 6.92 Å². The Balaban J connectivity index is 1.52. The SMILES string of the molecule is Cc1nc2cc(NC(=O)c3cc(-c4cncc5ccccc45)c[nH]c3=O)ccc2s1. The van der Waals surface area contributed by atoms with Crippen molar-refractivity contribution in [1.82, 2.24) is 15.0 Å². The maximum atomic E-state index is 12.9. The molecule has 0 atom stereocenters. The van der Waals surface area contributed by atoms with Crippen LogP contribution in [0.3, 0.4) is 0 Å².